The molecule has 0 aromatic rings. The van der Waals surface area contributed by atoms with Gasteiger partial charge in [0, 0.05) is 6.08 Å². The number of aliphatic hydroxyl groups is 2. The van der Waals surface area contributed by atoms with Crippen LogP contribution in [0, 0.1) is 0 Å². The van der Waals surface area contributed by atoms with E-state index in [1.807, 2.05) is 0 Å². The standard InChI is InChI=1S/C4H10O2.C4H6O2/c1-3(5)4(2)6;1-2-3-4(5)6/h3-6H,1-2H3;2-3H,1H3,(H,5,6). The second kappa shape index (κ2) is 8.23. The lowest BCUT2D eigenvalue weighted by Gasteiger charge is -2.03. The number of carbonyl (C=O) groups is 1. The summed E-state index contributed by atoms with van der Waals surface area (Å²) in [5.74, 6) is -0.891. The molecule has 0 spiro atoms. The molecule has 0 saturated heterocycles. The molecule has 0 rings (SSSR count). The monoisotopic (exact) mass is 176 g/mol. The highest BCUT2D eigenvalue weighted by Gasteiger charge is 1.99. The largest absolute Gasteiger partial charge is 0.478 e. The van der Waals surface area contributed by atoms with Gasteiger partial charge in [-0.15, -0.1) is 0 Å². The Hall–Kier alpha value is -0.870. The fourth-order valence-corrected chi connectivity index (χ4v) is 0.143. The maximum atomic E-state index is 9.51. The maximum absolute atomic E-state index is 9.51. The Labute approximate surface area is 72.2 Å². The lowest BCUT2D eigenvalue weighted by Crippen LogP contribution is -2.17. The van der Waals surface area contributed by atoms with Gasteiger partial charge in [-0.05, 0) is 20.8 Å². The average Bonchev–Trinajstić information content (AvgIpc) is 1.87. The van der Waals surface area contributed by atoms with Crippen LogP contribution in [0.4, 0.5) is 0 Å². The van der Waals surface area contributed by atoms with Gasteiger partial charge in [-0.3, -0.25) is 0 Å². The Morgan fingerprint density at radius 2 is 1.58 bits per heavy atom. The fraction of sp³-hybridized carbons (Fsp3) is 0.625. The zero-order valence-electron chi connectivity index (χ0n) is 7.56. The van der Waals surface area contributed by atoms with Gasteiger partial charge in [-0.25, -0.2) is 4.79 Å². The van der Waals surface area contributed by atoms with Gasteiger partial charge in [0.15, 0.2) is 0 Å². The summed E-state index contributed by atoms with van der Waals surface area (Å²) in [5, 5.41) is 24.6. The van der Waals surface area contributed by atoms with Gasteiger partial charge in [0.05, 0.1) is 12.2 Å². The SMILES string of the molecule is CC(O)C(C)O.CC=CC(=O)O. The number of aliphatic hydroxyl groups excluding tert-OH is 2. The molecule has 0 aliphatic rings. The molecule has 0 aromatic carbocycles. The van der Waals surface area contributed by atoms with Crippen LogP contribution in [0.5, 0.6) is 0 Å². The molecule has 4 heteroatoms. The average molecular weight is 176 g/mol. The molecule has 0 aliphatic carbocycles. The number of hydrogen-bond donors (Lipinski definition) is 3. The van der Waals surface area contributed by atoms with Gasteiger partial charge in [0.2, 0.25) is 0 Å². The van der Waals surface area contributed by atoms with Crippen LogP contribution in [0.15, 0.2) is 12.2 Å². The molecule has 0 amide bonds. The second-order valence-corrected chi connectivity index (χ2v) is 2.32. The predicted molar refractivity (Wildman–Crippen MR) is 45.8 cm³/mol. The lowest BCUT2D eigenvalue weighted by atomic mass is 10.3. The van der Waals surface area contributed by atoms with E-state index in [0.29, 0.717) is 0 Å². The Morgan fingerprint density at radius 1 is 1.25 bits per heavy atom. The Morgan fingerprint density at radius 3 is 1.58 bits per heavy atom. The van der Waals surface area contributed by atoms with Crippen molar-refractivity contribution in [3.05, 3.63) is 12.2 Å². The highest BCUT2D eigenvalue weighted by atomic mass is 16.4. The van der Waals surface area contributed by atoms with Crippen LogP contribution >= 0.6 is 0 Å². The van der Waals surface area contributed by atoms with E-state index in [4.69, 9.17) is 15.3 Å². The summed E-state index contributed by atoms with van der Waals surface area (Å²) in [6.45, 7) is 4.75. The Balaban J connectivity index is 0. The van der Waals surface area contributed by atoms with Crippen molar-refractivity contribution in [1.29, 1.82) is 0 Å². The van der Waals surface area contributed by atoms with Crippen molar-refractivity contribution in [3.63, 3.8) is 0 Å². The van der Waals surface area contributed by atoms with Gasteiger partial charge in [-0.1, -0.05) is 6.08 Å². The van der Waals surface area contributed by atoms with Crippen LogP contribution < -0.4 is 0 Å². The summed E-state index contributed by atoms with van der Waals surface area (Å²) in [5.41, 5.74) is 0. The molecule has 3 N–H and O–H groups in total. The van der Waals surface area contributed by atoms with E-state index < -0.39 is 18.2 Å². The number of rotatable bonds is 2. The number of aliphatic carboxylic acids is 1. The van der Waals surface area contributed by atoms with E-state index >= 15 is 0 Å². The van der Waals surface area contributed by atoms with Gasteiger partial charge in [-0.2, -0.15) is 0 Å². The maximum Gasteiger partial charge on any atom is 0.327 e. The van der Waals surface area contributed by atoms with Crippen LogP contribution in [0.3, 0.4) is 0 Å². The number of carboxylic acids is 1. The van der Waals surface area contributed by atoms with E-state index in [0.717, 1.165) is 6.08 Å². The Bertz CT molecular complexity index is 132. The van der Waals surface area contributed by atoms with Crippen molar-refractivity contribution in [1.82, 2.24) is 0 Å². The number of allylic oxidation sites excluding steroid dienone is 1. The third-order valence-electron chi connectivity index (χ3n) is 1.01. The smallest absolute Gasteiger partial charge is 0.327 e. The third-order valence-corrected chi connectivity index (χ3v) is 1.01. The molecule has 0 aliphatic heterocycles. The highest BCUT2D eigenvalue weighted by Crippen LogP contribution is 1.85. The zero-order valence-corrected chi connectivity index (χ0v) is 7.56. The van der Waals surface area contributed by atoms with Gasteiger partial charge >= 0.3 is 5.97 Å². The highest BCUT2D eigenvalue weighted by molar-refractivity contribution is 5.79. The molecule has 2 unspecified atom stereocenters. The molecule has 0 bridgehead atoms. The van der Waals surface area contributed by atoms with Crippen molar-refractivity contribution < 1.29 is 20.1 Å². The normalized spacial score (nSPS) is 14.8. The molecule has 0 aromatic heterocycles. The summed E-state index contributed by atoms with van der Waals surface area (Å²) < 4.78 is 0. The van der Waals surface area contributed by atoms with Crippen LogP contribution in [0.2, 0.25) is 0 Å². The quantitative estimate of drug-likeness (QED) is 0.532. The van der Waals surface area contributed by atoms with Crippen LogP contribution in [0.1, 0.15) is 20.8 Å². The summed E-state index contributed by atoms with van der Waals surface area (Å²) in [4.78, 5) is 9.51. The van der Waals surface area contributed by atoms with Gasteiger partial charge < -0.3 is 15.3 Å². The first-order valence-corrected chi connectivity index (χ1v) is 3.63. The summed E-state index contributed by atoms with van der Waals surface area (Å²) in [6.07, 6.45) is 1.37. The van der Waals surface area contributed by atoms with E-state index in [9.17, 15) is 4.79 Å². The molecule has 0 fully saturated rings. The molecular weight excluding hydrogens is 160 g/mol. The van der Waals surface area contributed by atoms with Crippen LogP contribution in [-0.4, -0.2) is 33.5 Å². The van der Waals surface area contributed by atoms with Gasteiger partial charge in [0.1, 0.15) is 0 Å². The predicted octanol–water partition coefficient (Wildman–Crippen LogP) is 0.395. The van der Waals surface area contributed by atoms with E-state index in [1.54, 1.807) is 20.8 Å². The third kappa shape index (κ3) is 16.1. The summed E-state index contributed by atoms with van der Waals surface area (Å²) >= 11 is 0. The minimum Gasteiger partial charge on any atom is -0.478 e. The molecule has 0 heterocycles. The molecule has 72 valence electrons. The van der Waals surface area contributed by atoms with Gasteiger partial charge in [0.25, 0.3) is 0 Å². The Kier molecular flexibility index (Phi) is 9.40. The van der Waals surface area contributed by atoms with Crippen LogP contribution in [-0.2, 0) is 4.79 Å². The van der Waals surface area contributed by atoms with E-state index in [2.05, 4.69) is 0 Å². The molecule has 4 nitrogen and oxygen atoms in total. The molecule has 0 saturated carbocycles. The topological polar surface area (TPSA) is 77.8 Å². The number of carboxylic acid groups (broad SMARTS) is 1. The molecule has 0 radical (unpaired) electrons. The summed E-state index contributed by atoms with van der Waals surface area (Å²) in [6, 6.07) is 0. The van der Waals surface area contributed by atoms with E-state index in [1.165, 1.54) is 6.08 Å². The fourth-order valence-electron chi connectivity index (χ4n) is 0.143. The second-order valence-electron chi connectivity index (χ2n) is 2.32. The van der Waals surface area contributed by atoms with Crippen molar-refractivity contribution in [2.45, 2.75) is 33.0 Å². The van der Waals surface area contributed by atoms with Crippen molar-refractivity contribution in [2.75, 3.05) is 0 Å². The molecule has 2 atom stereocenters. The number of hydrogen-bond acceptors (Lipinski definition) is 3. The first-order chi connectivity index (χ1) is 5.41. The first kappa shape index (κ1) is 13.7. The molecule has 12 heavy (non-hydrogen) atoms. The summed E-state index contributed by atoms with van der Waals surface area (Å²) in [7, 11) is 0. The zero-order chi connectivity index (χ0) is 10.1. The minimum atomic E-state index is -0.891. The van der Waals surface area contributed by atoms with E-state index in [-0.39, 0.29) is 0 Å². The first-order valence-electron chi connectivity index (χ1n) is 3.63. The molecular formula is C8H16O4. The minimum absolute atomic E-state index is 0.593. The lowest BCUT2D eigenvalue weighted by molar-refractivity contribution is -0.131. The van der Waals surface area contributed by atoms with Crippen molar-refractivity contribution in [3.8, 4) is 0 Å². The van der Waals surface area contributed by atoms with Crippen molar-refractivity contribution in [2.24, 2.45) is 0 Å². The van der Waals surface area contributed by atoms with Crippen molar-refractivity contribution >= 4 is 5.97 Å². The van der Waals surface area contributed by atoms with Crippen LogP contribution in [0.25, 0.3) is 0 Å².